The third-order valence-corrected chi connectivity index (χ3v) is 2.93. The summed E-state index contributed by atoms with van der Waals surface area (Å²) in [7, 11) is 0. The molecule has 0 bridgehead atoms. The van der Waals surface area contributed by atoms with Crippen molar-refractivity contribution in [3.63, 3.8) is 0 Å². The quantitative estimate of drug-likeness (QED) is 0.816. The Labute approximate surface area is 103 Å². The van der Waals surface area contributed by atoms with Crippen molar-refractivity contribution in [1.29, 1.82) is 0 Å². The Kier molecular flexibility index (Phi) is 5.16. The largest absolute Gasteiger partial charge is 0.394 e. The number of rotatable bonds is 5. The van der Waals surface area contributed by atoms with Crippen molar-refractivity contribution < 1.29 is 9.90 Å². The molecule has 0 heterocycles. The molecule has 94 valence electrons. The molecule has 0 radical (unpaired) electrons. The molecule has 0 aliphatic rings. The fourth-order valence-corrected chi connectivity index (χ4v) is 1.72. The number of amides is 1. The molecule has 1 aromatic rings. The molecule has 2 N–H and O–H groups in total. The van der Waals surface area contributed by atoms with E-state index in [2.05, 4.69) is 5.32 Å². The summed E-state index contributed by atoms with van der Waals surface area (Å²) in [6.07, 6.45) is 1.12. The van der Waals surface area contributed by atoms with Gasteiger partial charge in [0.15, 0.2) is 0 Å². The standard InChI is InChI=1S/C14H21NO2/c1-4-13(9-16)15-14(17)8-12-7-10(2)5-6-11(12)3/h5-7,13,16H,4,8-9H2,1-3H3,(H,15,17). The van der Waals surface area contributed by atoms with Crippen LogP contribution in [-0.2, 0) is 11.2 Å². The van der Waals surface area contributed by atoms with E-state index in [0.717, 1.165) is 23.1 Å². The summed E-state index contributed by atoms with van der Waals surface area (Å²) in [6.45, 7) is 5.96. The molecule has 0 aliphatic carbocycles. The lowest BCUT2D eigenvalue weighted by Gasteiger charge is -2.14. The summed E-state index contributed by atoms with van der Waals surface area (Å²) in [5.74, 6) is -0.0281. The van der Waals surface area contributed by atoms with Gasteiger partial charge in [0.05, 0.1) is 19.1 Å². The van der Waals surface area contributed by atoms with E-state index in [1.807, 2.05) is 39.0 Å². The molecular formula is C14H21NO2. The van der Waals surface area contributed by atoms with Crippen LogP contribution in [0.3, 0.4) is 0 Å². The Morgan fingerprint density at radius 1 is 1.41 bits per heavy atom. The molecule has 0 fully saturated rings. The highest BCUT2D eigenvalue weighted by molar-refractivity contribution is 5.79. The maximum atomic E-state index is 11.8. The first kappa shape index (κ1) is 13.7. The predicted molar refractivity (Wildman–Crippen MR) is 68.9 cm³/mol. The summed E-state index contributed by atoms with van der Waals surface area (Å²) in [6, 6.07) is 5.97. The van der Waals surface area contributed by atoms with Gasteiger partial charge < -0.3 is 10.4 Å². The maximum Gasteiger partial charge on any atom is 0.224 e. The molecule has 3 heteroatoms. The van der Waals surface area contributed by atoms with E-state index in [9.17, 15) is 4.79 Å². The second kappa shape index (κ2) is 6.40. The van der Waals surface area contributed by atoms with Crippen molar-refractivity contribution in [3.8, 4) is 0 Å². The number of hydrogen-bond donors (Lipinski definition) is 2. The van der Waals surface area contributed by atoms with Crippen LogP contribution in [0, 0.1) is 13.8 Å². The van der Waals surface area contributed by atoms with E-state index in [4.69, 9.17) is 5.11 Å². The lowest BCUT2D eigenvalue weighted by molar-refractivity contribution is -0.121. The van der Waals surface area contributed by atoms with Gasteiger partial charge in [0.25, 0.3) is 0 Å². The summed E-state index contributed by atoms with van der Waals surface area (Å²) in [5.41, 5.74) is 3.34. The van der Waals surface area contributed by atoms with Crippen LogP contribution in [0.25, 0.3) is 0 Å². The van der Waals surface area contributed by atoms with Crippen molar-refractivity contribution in [1.82, 2.24) is 5.32 Å². The van der Waals surface area contributed by atoms with Crippen LogP contribution in [0.2, 0.25) is 0 Å². The lowest BCUT2D eigenvalue weighted by atomic mass is 10.0. The summed E-state index contributed by atoms with van der Waals surface area (Å²) < 4.78 is 0. The van der Waals surface area contributed by atoms with Crippen molar-refractivity contribution in [2.75, 3.05) is 6.61 Å². The molecule has 1 atom stereocenters. The zero-order valence-corrected chi connectivity index (χ0v) is 10.8. The molecule has 1 amide bonds. The van der Waals surface area contributed by atoms with Crippen molar-refractivity contribution >= 4 is 5.91 Å². The average Bonchev–Trinajstić information content (AvgIpc) is 2.31. The van der Waals surface area contributed by atoms with Gasteiger partial charge in [0.2, 0.25) is 5.91 Å². The molecule has 3 nitrogen and oxygen atoms in total. The van der Waals surface area contributed by atoms with E-state index in [1.165, 1.54) is 0 Å². The molecule has 0 aliphatic heterocycles. The van der Waals surface area contributed by atoms with E-state index < -0.39 is 0 Å². The maximum absolute atomic E-state index is 11.8. The van der Waals surface area contributed by atoms with Gasteiger partial charge in [-0.05, 0) is 31.4 Å². The monoisotopic (exact) mass is 235 g/mol. The highest BCUT2D eigenvalue weighted by Gasteiger charge is 2.10. The number of nitrogens with one attached hydrogen (secondary N) is 1. The predicted octanol–water partition coefficient (Wildman–Crippen LogP) is 1.73. The van der Waals surface area contributed by atoms with Crippen LogP contribution in [-0.4, -0.2) is 23.7 Å². The van der Waals surface area contributed by atoms with E-state index >= 15 is 0 Å². The first-order valence-corrected chi connectivity index (χ1v) is 6.03. The molecule has 1 unspecified atom stereocenters. The van der Waals surface area contributed by atoms with Crippen LogP contribution in [0.1, 0.15) is 30.0 Å². The van der Waals surface area contributed by atoms with Crippen molar-refractivity contribution in [3.05, 3.63) is 34.9 Å². The minimum absolute atomic E-state index is 0.00492. The van der Waals surface area contributed by atoms with Gasteiger partial charge in [0.1, 0.15) is 0 Å². The average molecular weight is 235 g/mol. The number of aliphatic hydroxyl groups excluding tert-OH is 1. The third-order valence-electron chi connectivity index (χ3n) is 2.93. The molecule has 17 heavy (non-hydrogen) atoms. The molecule has 1 aromatic carbocycles. The van der Waals surface area contributed by atoms with Crippen molar-refractivity contribution in [2.24, 2.45) is 0 Å². The zero-order valence-electron chi connectivity index (χ0n) is 10.8. The minimum Gasteiger partial charge on any atom is -0.394 e. The third kappa shape index (κ3) is 4.19. The Morgan fingerprint density at radius 3 is 2.71 bits per heavy atom. The second-order valence-electron chi connectivity index (χ2n) is 4.46. The number of benzene rings is 1. The number of aryl methyl sites for hydroxylation is 2. The molecular weight excluding hydrogens is 214 g/mol. The summed E-state index contributed by atoms with van der Waals surface area (Å²) >= 11 is 0. The van der Waals surface area contributed by atoms with E-state index in [1.54, 1.807) is 0 Å². The first-order valence-electron chi connectivity index (χ1n) is 6.03. The van der Waals surface area contributed by atoms with Gasteiger partial charge in [-0.1, -0.05) is 30.7 Å². The summed E-state index contributed by atoms with van der Waals surface area (Å²) in [5, 5.41) is 11.8. The number of hydrogen-bond acceptors (Lipinski definition) is 2. The molecule has 0 saturated carbocycles. The van der Waals surface area contributed by atoms with Gasteiger partial charge in [-0.2, -0.15) is 0 Å². The molecule has 0 saturated heterocycles. The van der Waals surface area contributed by atoms with Crippen LogP contribution in [0.4, 0.5) is 0 Å². The highest BCUT2D eigenvalue weighted by Crippen LogP contribution is 2.11. The fraction of sp³-hybridized carbons (Fsp3) is 0.500. The molecule has 0 aromatic heterocycles. The van der Waals surface area contributed by atoms with Gasteiger partial charge in [-0.15, -0.1) is 0 Å². The number of aliphatic hydroxyl groups is 1. The van der Waals surface area contributed by atoms with E-state index in [0.29, 0.717) is 6.42 Å². The summed E-state index contributed by atoms with van der Waals surface area (Å²) in [4.78, 5) is 11.8. The Balaban J connectivity index is 2.64. The first-order chi connectivity index (χ1) is 8.06. The van der Waals surface area contributed by atoms with Gasteiger partial charge in [-0.25, -0.2) is 0 Å². The van der Waals surface area contributed by atoms with E-state index in [-0.39, 0.29) is 18.6 Å². The second-order valence-corrected chi connectivity index (χ2v) is 4.46. The van der Waals surface area contributed by atoms with Crippen LogP contribution in [0.15, 0.2) is 18.2 Å². The number of carbonyl (C=O) groups is 1. The van der Waals surface area contributed by atoms with Crippen LogP contribution < -0.4 is 5.32 Å². The SMILES string of the molecule is CCC(CO)NC(=O)Cc1cc(C)ccc1C. The number of carbonyl (C=O) groups excluding carboxylic acids is 1. The smallest absolute Gasteiger partial charge is 0.224 e. The Morgan fingerprint density at radius 2 is 2.12 bits per heavy atom. The van der Waals surface area contributed by atoms with Gasteiger partial charge in [0, 0.05) is 0 Å². The van der Waals surface area contributed by atoms with Gasteiger partial charge >= 0.3 is 0 Å². The topological polar surface area (TPSA) is 49.3 Å². The zero-order chi connectivity index (χ0) is 12.8. The fourth-order valence-electron chi connectivity index (χ4n) is 1.72. The van der Waals surface area contributed by atoms with Crippen molar-refractivity contribution in [2.45, 2.75) is 39.7 Å². The van der Waals surface area contributed by atoms with Crippen LogP contribution >= 0.6 is 0 Å². The molecule has 1 rings (SSSR count). The Bertz CT molecular complexity index is 384. The normalized spacial score (nSPS) is 12.2. The Hall–Kier alpha value is -1.35. The minimum atomic E-state index is -0.132. The van der Waals surface area contributed by atoms with Crippen LogP contribution in [0.5, 0.6) is 0 Å². The highest BCUT2D eigenvalue weighted by atomic mass is 16.3. The molecule has 0 spiro atoms. The van der Waals surface area contributed by atoms with Gasteiger partial charge in [-0.3, -0.25) is 4.79 Å². The lowest BCUT2D eigenvalue weighted by Crippen LogP contribution is -2.37.